The molecule has 1 atom stereocenters. The second-order valence-electron chi connectivity index (χ2n) is 7.67. The number of allylic oxidation sites excluding steroid dienone is 4. The summed E-state index contributed by atoms with van der Waals surface area (Å²) in [6, 6.07) is 22.3. The molecule has 0 spiro atoms. The van der Waals surface area contributed by atoms with Crippen LogP contribution in [0.2, 0.25) is 12.1 Å². The molecule has 1 heteroatoms. The van der Waals surface area contributed by atoms with E-state index < -0.39 is 8.07 Å². The average Bonchev–Trinajstić information content (AvgIpc) is 3.06. The fraction of sp³-hybridized carbons (Fsp3) is 0.273. The Bertz CT molecular complexity index is 678. The summed E-state index contributed by atoms with van der Waals surface area (Å²) in [7, 11) is -1.90. The van der Waals surface area contributed by atoms with Crippen molar-refractivity contribution in [1.82, 2.24) is 0 Å². The van der Waals surface area contributed by atoms with Gasteiger partial charge in [-0.3, -0.25) is 0 Å². The van der Waals surface area contributed by atoms with Gasteiger partial charge in [-0.15, -0.1) is 0 Å². The first-order valence-electron chi connectivity index (χ1n) is 8.44. The van der Waals surface area contributed by atoms with Gasteiger partial charge in [-0.25, -0.2) is 0 Å². The van der Waals surface area contributed by atoms with E-state index in [0.29, 0.717) is 5.54 Å². The Morgan fingerprint density at radius 1 is 0.783 bits per heavy atom. The zero-order valence-electron chi connectivity index (χ0n) is 14.6. The normalized spacial score (nSPS) is 18.1. The molecule has 0 heterocycles. The van der Waals surface area contributed by atoms with Gasteiger partial charge < -0.3 is 0 Å². The third-order valence-electron chi connectivity index (χ3n) is 5.15. The van der Waals surface area contributed by atoms with Gasteiger partial charge in [-0.2, -0.15) is 0 Å². The molecule has 0 aromatic heterocycles. The van der Waals surface area contributed by atoms with E-state index in [9.17, 15) is 0 Å². The molecule has 1 aliphatic carbocycles. The predicted molar refractivity (Wildman–Crippen MR) is 104 cm³/mol. The molecule has 0 N–H and O–H groups in total. The summed E-state index contributed by atoms with van der Waals surface area (Å²) in [6.07, 6.45) is 7.05. The maximum atomic E-state index is 2.53. The topological polar surface area (TPSA) is 0 Å². The highest BCUT2D eigenvalue weighted by Crippen LogP contribution is 2.44. The van der Waals surface area contributed by atoms with E-state index in [2.05, 4.69) is 106 Å². The summed E-state index contributed by atoms with van der Waals surface area (Å²) >= 11 is 0. The maximum Gasteiger partial charge on any atom is 0.125 e. The number of hydrogen-bond acceptors (Lipinski definition) is 0. The van der Waals surface area contributed by atoms with Gasteiger partial charge in [0.25, 0.3) is 0 Å². The quantitative estimate of drug-likeness (QED) is 0.714. The van der Waals surface area contributed by atoms with Crippen LogP contribution in [0.15, 0.2) is 84.5 Å². The molecule has 0 bridgehead atoms. The highest BCUT2D eigenvalue weighted by Gasteiger charge is 2.44. The van der Waals surface area contributed by atoms with Gasteiger partial charge >= 0.3 is 0 Å². The van der Waals surface area contributed by atoms with Crippen LogP contribution in [0, 0.1) is 5.41 Å². The summed E-state index contributed by atoms with van der Waals surface area (Å²) in [5.74, 6) is 0. The third-order valence-corrected chi connectivity index (χ3v) is 9.96. The molecule has 23 heavy (non-hydrogen) atoms. The minimum Gasteiger partial charge on any atom is -0.0793 e. The van der Waals surface area contributed by atoms with Crippen LogP contribution in [0.1, 0.15) is 20.8 Å². The SMILES string of the molecule is CC(C)(C)C1=CC=CC1[Si](C)(c1ccccc1)c1ccccc1. The first-order valence-corrected chi connectivity index (χ1v) is 11.0. The van der Waals surface area contributed by atoms with E-state index >= 15 is 0 Å². The van der Waals surface area contributed by atoms with Crippen LogP contribution in [0.25, 0.3) is 0 Å². The molecule has 0 radical (unpaired) electrons. The minimum absolute atomic E-state index is 0.200. The number of benzene rings is 2. The maximum absolute atomic E-state index is 2.53. The summed E-state index contributed by atoms with van der Waals surface area (Å²) in [5.41, 5.74) is 2.29. The molecule has 0 saturated heterocycles. The van der Waals surface area contributed by atoms with Crippen LogP contribution in [-0.2, 0) is 0 Å². The van der Waals surface area contributed by atoms with Gasteiger partial charge in [0.05, 0.1) is 0 Å². The monoisotopic (exact) mass is 318 g/mol. The van der Waals surface area contributed by atoms with Gasteiger partial charge in [0, 0.05) is 5.54 Å². The summed E-state index contributed by atoms with van der Waals surface area (Å²) < 4.78 is 0. The van der Waals surface area contributed by atoms with Crippen LogP contribution >= 0.6 is 0 Å². The number of rotatable bonds is 3. The fourth-order valence-corrected chi connectivity index (χ4v) is 8.26. The molecule has 0 fully saturated rings. The Morgan fingerprint density at radius 3 is 1.70 bits per heavy atom. The van der Waals surface area contributed by atoms with Gasteiger partial charge in [-0.1, -0.05) is 122 Å². The highest BCUT2D eigenvalue weighted by atomic mass is 28.3. The molecule has 0 amide bonds. The van der Waals surface area contributed by atoms with Crippen LogP contribution in [0.5, 0.6) is 0 Å². The zero-order chi connectivity index (χ0) is 16.5. The molecule has 3 rings (SSSR count). The summed E-state index contributed by atoms with van der Waals surface area (Å²) in [4.78, 5) is 0. The Labute approximate surface area is 141 Å². The molecule has 2 aromatic carbocycles. The average molecular weight is 319 g/mol. The Hall–Kier alpha value is -1.86. The van der Waals surface area contributed by atoms with Gasteiger partial charge in [-0.05, 0) is 5.41 Å². The van der Waals surface area contributed by atoms with Crippen molar-refractivity contribution >= 4 is 18.4 Å². The standard InChI is InChI=1S/C22H26Si/c1-22(2,3)20-16-11-17-21(20)23(4,18-12-7-5-8-13-18)19-14-9-6-10-15-19/h5-17,21H,1-4H3. The van der Waals surface area contributed by atoms with Crippen molar-refractivity contribution in [3.8, 4) is 0 Å². The third kappa shape index (κ3) is 2.86. The Morgan fingerprint density at radius 2 is 1.26 bits per heavy atom. The molecule has 1 aliphatic rings. The van der Waals surface area contributed by atoms with E-state index in [1.165, 1.54) is 10.4 Å². The highest BCUT2D eigenvalue weighted by molar-refractivity contribution is 7.03. The van der Waals surface area contributed by atoms with E-state index in [4.69, 9.17) is 0 Å². The lowest BCUT2D eigenvalue weighted by Crippen LogP contribution is -2.59. The molecular formula is C22H26Si. The van der Waals surface area contributed by atoms with Crippen molar-refractivity contribution in [1.29, 1.82) is 0 Å². The van der Waals surface area contributed by atoms with Gasteiger partial charge in [0.15, 0.2) is 0 Å². The number of hydrogen-bond donors (Lipinski definition) is 0. The van der Waals surface area contributed by atoms with Crippen molar-refractivity contribution in [2.24, 2.45) is 5.41 Å². The van der Waals surface area contributed by atoms with Crippen molar-refractivity contribution in [2.75, 3.05) is 0 Å². The fourth-order valence-electron chi connectivity index (χ4n) is 3.79. The van der Waals surface area contributed by atoms with Crippen molar-refractivity contribution in [3.05, 3.63) is 84.5 Å². The largest absolute Gasteiger partial charge is 0.125 e. The van der Waals surface area contributed by atoms with E-state index in [-0.39, 0.29) is 5.41 Å². The van der Waals surface area contributed by atoms with E-state index in [1.807, 2.05) is 0 Å². The first kappa shape index (κ1) is 16.0. The van der Waals surface area contributed by atoms with Crippen LogP contribution in [0.4, 0.5) is 0 Å². The smallest absolute Gasteiger partial charge is 0.0793 e. The van der Waals surface area contributed by atoms with Crippen LogP contribution in [0.3, 0.4) is 0 Å². The zero-order valence-corrected chi connectivity index (χ0v) is 15.6. The molecule has 1 unspecified atom stereocenters. The molecule has 0 nitrogen and oxygen atoms in total. The molecular weight excluding hydrogens is 292 g/mol. The van der Waals surface area contributed by atoms with Crippen molar-refractivity contribution < 1.29 is 0 Å². The van der Waals surface area contributed by atoms with Crippen LogP contribution in [-0.4, -0.2) is 8.07 Å². The summed E-state index contributed by atoms with van der Waals surface area (Å²) in [6.45, 7) is 9.54. The molecule has 118 valence electrons. The van der Waals surface area contributed by atoms with Crippen LogP contribution < -0.4 is 10.4 Å². The first-order chi connectivity index (χ1) is 10.9. The second-order valence-corrected chi connectivity index (χ2v) is 11.9. The minimum atomic E-state index is -1.90. The lowest BCUT2D eigenvalue weighted by atomic mass is 9.85. The van der Waals surface area contributed by atoms with E-state index in [0.717, 1.165) is 0 Å². The molecule has 2 aromatic rings. The van der Waals surface area contributed by atoms with Crippen molar-refractivity contribution in [3.63, 3.8) is 0 Å². The lowest BCUT2D eigenvalue weighted by Gasteiger charge is -2.39. The predicted octanol–water partition coefficient (Wildman–Crippen LogP) is 4.79. The molecule has 0 aliphatic heterocycles. The van der Waals surface area contributed by atoms with Crippen molar-refractivity contribution in [2.45, 2.75) is 32.9 Å². The van der Waals surface area contributed by atoms with Gasteiger partial charge in [0.1, 0.15) is 8.07 Å². The Kier molecular flexibility index (Phi) is 4.16. The lowest BCUT2D eigenvalue weighted by molar-refractivity contribution is 0.495. The van der Waals surface area contributed by atoms with Gasteiger partial charge in [0.2, 0.25) is 0 Å². The van der Waals surface area contributed by atoms with E-state index in [1.54, 1.807) is 5.57 Å². The summed E-state index contributed by atoms with van der Waals surface area (Å²) in [5, 5.41) is 3.02. The molecule has 0 saturated carbocycles. The Balaban J connectivity index is 2.18. The second kappa shape index (κ2) is 5.97.